The Morgan fingerprint density at radius 2 is 2.14 bits per heavy atom. The molecule has 0 aliphatic carbocycles. The van der Waals surface area contributed by atoms with Gasteiger partial charge in [0.25, 0.3) is 15.0 Å². The summed E-state index contributed by atoms with van der Waals surface area (Å²) in [5, 5.41) is 0. The second-order valence-corrected chi connectivity index (χ2v) is 8.35. The van der Waals surface area contributed by atoms with Crippen LogP contribution in [0.4, 0.5) is 0 Å². The molecule has 1 unspecified atom stereocenters. The summed E-state index contributed by atoms with van der Waals surface area (Å²) in [4.78, 5) is 14.1. The minimum Gasteiger partial charge on any atom is -0.380 e. The van der Waals surface area contributed by atoms with Crippen molar-refractivity contribution in [2.75, 3.05) is 20.2 Å². The summed E-state index contributed by atoms with van der Waals surface area (Å²) in [6.07, 6.45) is 1.80. The van der Waals surface area contributed by atoms with Crippen molar-refractivity contribution in [1.29, 1.82) is 0 Å². The molecule has 1 fully saturated rings. The summed E-state index contributed by atoms with van der Waals surface area (Å²) in [7, 11) is 3.09. The Balaban J connectivity index is 2.29. The number of hydrogen-bond donors (Lipinski definition) is 0. The van der Waals surface area contributed by atoms with Crippen molar-refractivity contribution in [2.45, 2.75) is 23.8 Å². The number of rotatable bonds is 3. The van der Waals surface area contributed by atoms with Crippen LogP contribution in [0.1, 0.15) is 23.2 Å². The van der Waals surface area contributed by atoms with Gasteiger partial charge >= 0.3 is 0 Å². The Hall–Kier alpha value is -0.630. The average molecular weight is 397 g/mol. The first-order valence-electron chi connectivity index (χ1n) is 6.38. The van der Waals surface area contributed by atoms with E-state index in [1.54, 1.807) is 18.1 Å². The van der Waals surface area contributed by atoms with Crippen LogP contribution in [-0.4, -0.2) is 45.5 Å². The Kier molecular flexibility index (Phi) is 5.29. The number of halogens is 2. The molecule has 116 valence electrons. The number of nitrogens with zero attached hydrogens (tertiary/aromatic N) is 1. The lowest BCUT2D eigenvalue weighted by molar-refractivity contribution is 0.0269. The topological polar surface area (TPSA) is 63.7 Å². The molecule has 0 aromatic heterocycles. The maximum Gasteiger partial charge on any atom is 0.261 e. The standard InChI is InChI=1S/C13H15BrClNO4S/c1-20-11-3-2-4-16(8-11)13(17)9-5-10(14)7-12(6-9)21(15,18)19/h5-7,11H,2-4,8H2,1H3. The lowest BCUT2D eigenvalue weighted by atomic mass is 10.1. The average Bonchev–Trinajstić information content (AvgIpc) is 2.45. The number of ether oxygens (including phenoxy) is 1. The maximum absolute atomic E-state index is 12.5. The SMILES string of the molecule is COC1CCCN(C(=O)c2cc(Br)cc(S(=O)(=O)Cl)c2)C1. The zero-order valence-electron chi connectivity index (χ0n) is 11.4. The van der Waals surface area contributed by atoms with Crippen LogP contribution >= 0.6 is 26.6 Å². The Bertz CT molecular complexity index is 650. The van der Waals surface area contributed by atoms with E-state index >= 15 is 0 Å². The van der Waals surface area contributed by atoms with Crippen molar-refractivity contribution >= 4 is 41.6 Å². The first-order valence-corrected chi connectivity index (χ1v) is 9.49. The predicted molar refractivity (Wildman–Crippen MR) is 83.1 cm³/mol. The molecule has 0 saturated carbocycles. The van der Waals surface area contributed by atoms with Crippen molar-refractivity contribution in [3.63, 3.8) is 0 Å². The van der Waals surface area contributed by atoms with Crippen LogP contribution in [-0.2, 0) is 13.8 Å². The number of benzene rings is 1. The molecule has 8 heteroatoms. The van der Waals surface area contributed by atoms with Crippen LogP contribution in [0.2, 0.25) is 0 Å². The zero-order chi connectivity index (χ0) is 15.6. The van der Waals surface area contributed by atoms with Gasteiger partial charge in [-0.15, -0.1) is 0 Å². The molecule has 0 N–H and O–H groups in total. The molecule has 1 aromatic carbocycles. The number of amides is 1. The van der Waals surface area contributed by atoms with E-state index in [2.05, 4.69) is 15.9 Å². The van der Waals surface area contributed by atoms with Crippen LogP contribution < -0.4 is 0 Å². The molecule has 5 nitrogen and oxygen atoms in total. The van der Waals surface area contributed by atoms with E-state index in [0.717, 1.165) is 12.8 Å². The zero-order valence-corrected chi connectivity index (χ0v) is 14.5. The van der Waals surface area contributed by atoms with Gasteiger partial charge < -0.3 is 9.64 Å². The lowest BCUT2D eigenvalue weighted by Gasteiger charge is -2.32. The minimum absolute atomic E-state index is 0.0195. The van der Waals surface area contributed by atoms with E-state index in [-0.39, 0.29) is 16.9 Å². The molecular formula is C13H15BrClNO4S. The number of methoxy groups -OCH3 is 1. The van der Waals surface area contributed by atoms with Crippen LogP contribution in [0.3, 0.4) is 0 Å². The first kappa shape index (κ1) is 16.7. The fourth-order valence-electron chi connectivity index (χ4n) is 2.32. The largest absolute Gasteiger partial charge is 0.380 e. The fraction of sp³-hybridized carbons (Fsp3) is 0.462. The normalized spacial score (nSPS) is 19.6. The highest BCUT2D eigenvalue weighted by atomic mass is 79.9. The summed E-state index contributed by atoms with van der Waals surface area (Å²) >= 11 is 3.20. The van der Waals surface area contributed by atoms with E-state index in [1.165, 1.54) is 12.1 Å². The first-order chi connectivity index (χ1) is 9.81. The van der Waals surface area contributed by atoms with Gasteiger partial charge in [-0.05, 0) is 31.0 Å². The molecule has 1 heterocycles. The van der Waals surface area contributed by atoms with Crippen LogP contribution in [0.25, 0.3) is 0 Å². The second kappa shape index (κ2) is 6.64. The molecule has 0 radical (unpaired) electrons. The van der Waals surface area contributed by atoms with E-state index in [1.807, 2.05) is 0 Å². The summed E-state index contributed by atoms with van der Waals surface area (Å²) in [6, 6.07) is 4.25. The summed E-state index contributed by atoms with van der Waals surface area (Å²) in [5.41, 5.74) is 0.292. The number of hydrogen-bond acceptors (Lipinski definition) is 4. The number of carbonyl (C=O) groups is 1. The molecule has 1 aliphatic rings. The summed E-state index contributed by atoms with van der Waals surface area (Å²) < 4.78 is 28.7. The molecule has 2 rings (SSSR count). The van der Waals surface area contributed by atoms with E-state index in [0.29, 0.717) is 23.1 Å². The number of likely N-dealkylation sites (tertiary alicyclic amines) is 1. The van der Waals surface area contributed by atoms with Gasteiger partial charge in [0.1, 0.15) is 0 Å². The van der Waals surface area contributed by atoms with Crippen molar-refractivity contribution in [3.8, 4) is 0 Å². The third kappa shape index (κ3) is 4.18. The fourth-order valence-corrected chi connectivity index (χ4v) is 3.77. The quantitative estimate of drug-likeness (QED) is 0.737. The molecule has 1 amide bonds. The third-order valence-electron chi connectivity index (χ3n) is 3.40. The highest BCUT2D eigenvalue weighted by Crippen LogP contribution is 2.24. The van der Waals surface area contributed by atoms with Gasteiger partial charge in [-0.25, -0.2) is 8.42 Å². The molecular weight excluding hydrogens is 382 g/mol. The van der Waals surface area contributed by atoms with Crippen LogP contribution in [0.15, 0.2) is 27.6 Å². The van der Waals surface area contributed by atoms with Crippen molar-refractivity contribution < 1.29 is 17.9 Å². The van der Waals surface area contributed by atoms with Crippen molar-refractivity contribution in [1.82, 2.24) is 4.90 Å². The number of carbonyl (C=O) groups excluding carboxylic acids is 1. The molecule has 0 bridgehead atoms. The highest BCUT2D eigenvalue weighted by Gasteiger charge is 2.25. The van der Waals surface area contributed by atoms with Gasteiger partial charge in [0.05, 0.1) is 11.0 Å². The Labute approximate surface area is 136 Å². The van der Waals surface area contributed by atoms with Crippen molar-refractivity contribution in [2.24, 2.45) is 0 Å². The van der Waals surface area contributed by atoms with Gasteiger partial charge in [-0.2, -0.15) is 0 Å². The smallest absolute Gasteiger partial charge is 0.261 e. The maximum atomic E-state index is 12.5. The molecule has 1 saturated heterocycles. The molecule has 0 spiro atoms. The van der Waals surface area contributed by atoms with E-state index in [4.69, 9.17) is 15.4 Å². The predicted octanol–water partition coefficient (Wildman–Crippen LogP) is 2.63. The van der Waals surface area contributed by atoms with Gasteiger partial charge in [0.15, 0.2) is 0 Å². The van der Waals surface area contributed by atoms with Gasteiger partial charge in [-0.3, -0.25) is 4.79 Å². The third-order valence-corrected chi connectivity index (χ3v) is 5.19. The highest BCUT2D eigenvalue weighted by molar-refractivity contribution is 9.10. The lowest BCUT2D eigenvalue weighted by Crippen LogP contribution is -2.42. The molecule has 1 atom stereocenters. The minimum atomic E-state index is -3.88. The van der Waals surface area contributed by atoms with Crippen LogP contribution in [0.5, 0.6) is 0 Å². The number of piperidine rings is 1. The molecule has 1 aromatic rings. The summed E-state index contributed by atoms with van der Waals surface area (Å²) in [5.74, 6) is -0.223. The van der Waals surface area contributed by atoms with Crippen molar-refractivity contribution in [3.05, 3.63) is 28.2 Å². The van der Waals surface area contributed by atoms with E-state index in [9.17, 15) is 13.2 Å². The van der Waals surface area contributed by atoms with E-state index < -0.39 is 9.05 Å². The van der Waals surface area contributed by atoms with Gasteiger partial charge in [0.2, 0.25) is 0 Å². The van der Waals surface area contributed by atoms with Crippen LogP contribution in [0, 0.1) is 0 Å². The molecule has 21 heavy (non-hydrogen) atoms. The Morgan fingerprint density at radius 3 is 2.76 bits per heavy atom. The van der Waals surface area contributed by atoms with Gasteiger partial charge in [-0.1, -0.05) is 15.9 Å². The Morgan fingerprint density at radius 1 is 1.43 bits per heavy atom. The molecule has 1 aliphatic heterocycles. The second-order valence-electron chi connectivity index (χ2n) is 4.86. The summed E-state index contributed by atoms with van der Waals surface area (Å²) in [6.45, 7) is 1.14. The van der Waals surface area contributed by atoms with Gasteiger partial charge in [0, 0.05) is 40.9 Å². The monoisotopic (exact) mass is 395 g/mol.